The third-order valence-electron chi connectivity index (χ3n) is 2.75. The van der Waals surface area contributed by atoms with E-state index in [1.165, 1.54) is 0 Å². The molecule has 0 spiro atoms. The van der Waals surface area contributed by atoms with Gasteiger partial charge in [0.15, 0.2) is 0 Å². The van der Waals surface area contributed by atoms with Gasteiger partial charge >= 0.3 is 0 Å². The number of rotatable bonds is 6. The molecule has 1 unspecified atom stereocenters. The van der Waals surface area contributed by atoms with Crippen molar-refractivity contribution in [3.05, 3.63) is 15.9 Å². The van der Waals surface area contributed by atoms with Crippen molar-refractivity contribution in [2.45, 2.75) is 59.1 Å². The summed E-state index contributed by atoms with van der Waals surface area (Å²) in [5.74, 6) is 0. The Kier molecular flexibility index (Phi) is 5.49. The van der Waals surface area contributed by atoms with Gasteiger partial charge < -0.3 is 5.11 Å². The van der Waals surface area contributed by atoms with Crippen LogP contribution in [-0.2, 0) is 19.4 Å². The van der Waals surface area contributed by atoms with Gasteiger partial charge in [-0.3, -0.25) is 4.68 Å². The maximum absolute atomic E-state index is 9.87. The number of hydrogen-bond donors (Lipinski definition) is 1. The number of halogens is 1. The maximum Gasteiger partial charge on any atom is 0.0766 e. The normalized spacial score (nSPS) is 13.1. The lowest BCUT2D eigenvalue weighted by Gasteiger charge is -2.10. The van der Waals surface area contributed by atoms with Gasteiger partial charge in [0, 0.05) is 13.0 Å². The van der Waals surface area contributed by atoms with Crippen LogP contribution in [0.4, 0.5) is 0 Å². The summed E-state index contributed by atoms with van der Waals surface area (Å²) in [7, 11) is 0. The molecule has 0 aliphatic heterocycles. The monoisotopic (exact) mass is 288 g/mol. The number of aryl methyl sites for hydroxylation is 2. The van der Waals surface area contributed by atoms with Crippen LogP contribution in [0, 0.1) is 0 Å². The molecule has 0 amide bonds. The van der Waals surface area contributed by atoms with Crippen molar-refractivity contribution in [1.82, 2.24) is 9.78 Å². The molecule has 0 aliphatic rings. The second-order valence-corrected chi connectivity index (χ2v) is 4.82. The number of aliphatic hydroxyl groups excluding tert-OH is 1. The van der Waals surface area contributed by atoms with E-state index in [4.69, 9.17) is 0 Å². The van der Waals surface area contributed by atoms with Gasteiger partial charge in [0.25, 0.3) is 0 Å². The van der Waals surface area contributed by atoms with Gasteiger partial charge in [-0.05, 0) is 35.7 Å². The largest absolute Gasteiger partial charge is 0.393 e. The Balaban J connectivity index is 2.88. The fourth-order valence-electron chi connectivity index (χ4n) is 1.87. The van der Waals surface area contributed by atoms with Gasteiger partial charge in [-0.15, -0.1) is 0 Å². The Hall–Kier alpha value is -0.350. The van der Waals surface area contributed by atoms with Crippen LogP contribution in [0.15, 0.2) is 4.47 Å². The van der Waals surface area contributed by atoms with E-state index >= 15 is 0 Å². The summed E-state index contributed by atoms with van der Waals surface area (Å²) in [6.45, 7) is 7.12. The van der Waals surface area contributed by atoms with Crippen molar-refractivity contribution >= 4 is 15.9 Å². The molecular weight excluding hydrogens is 268 g/mol. The highest BCUT2D eigenvalue weighted by Crippen LogP contribution is 2.24. The minimum Gasteiger partial charge on any atom is -0.393 e. The average molecular weight is 289 g/mol. The molecule has 0 aromatic carbocycles. The maximum atomic E-state index is 9.87. The average Bonchev–Trinajstić information content (AvgIpc) is 2.56. The number of aliphatic hydroxyl groups is 1. The first-order chi connectivity index (χ1) is 7.63. The van der Waals surface area contributed by atoms with Gasteiger partial charge in [0.1, 0.15) is 0 Å². The molecule has 3 nitrogen and oxygen atoms in total. The summed E-state index contributed by atoms with van der Waals surface area (Å²) in [4.78, 5) is 0. The lowest BCUT2D eigenvalue weighted by atomic mass is 10.1. The Bertz CT molecular complexity index is 336. The molecule has 1 aromatic heterocycles. The summed E-state index contributed by atoms with van der Waals surface area (Å²) >= 11 is 3.59. The molecule has 0 saturated carbocycles. The Labute approximate surface area is 106 Å². The van der Waals surface area contributed by atoms with Crippen molar-refractivity contribution in [3.63, 3.8) is 0 Å². The zero-order valence-corrected chi connectivity index (χ0v) is 11.9. The summed E-state index contributed by atoms with van der Waals surface area (Å²) in [6.07, 6.45) is 3.22. The fraction of sp³-hybridized carbons (Fsp3) is 0.750. The fourth-order valence-corrected chi connectivity index (χ4v) is 2.60. The number of aromatic nitrogens is 2. The first kappa shape index (κ1) is 13.7. The minimum atomic E-state index is -0.256. The lowest BCUT2D eigenvalue weighted by molar-refractivity contribution is 0.161. The molecule has 4 heteroatoms. The zero-order valence-electron chi connectivity index (χ0n) is 10.3. The van der Waals surface area contributed by atoms with Crippen molar-refractivity contribution in [2.24, 2.45) is 0 Å². The van der Waals surface area contributed by atoms with Crippen LogP contribution in [0.5, 0.6) is 0 Å². The Morgan fingerprint density at radius 2 is 2.06 bits per heavy atom. The van der Waals surface area contributed by atoms with E-state index in [0.29, 0.717) is 6.42 Å². The van der Waals surface area contributed by atoms with Crippen LogP contribution >= 0.6 is 15.9 Å². The van der Waals surface area contributed by atoms with Crippen LogP contribution < -0.4 is 0 Å². The van der Waals surface area contributed by atoms with Gasteiger partial charge in [0.05, 0.1) is 22.0 Å². The van der Waals surface area contributed by atoms with E-state index in [9.17, 15) is 5.11 Å². The van der Waals surface area contributed by atoms with Crippen molar-refractivity contribution in [3.8, 4) is 0 Å². The first-order valence-electron chi connectivity index (χ1n) is 6.06. The second-order valence-electron chi connectivity index (χ2n) is 4.02. The first-order valence-corrected chi connectivity index (χ1v) is 6.85. The number of hydrogen-bond acceptors (Lipinski definition) is 2. The van der Waals surface area contributed by atoms with Crippen LogP contribution in [0.25, 0.3) is 0 Å². The molecule has 0 saturated heterocycles. The van der Waals surface area contributed by atoms with Gasteiger partial charge in [0.2, 0.25) is 0 Å². The molecule has 0 bridgehead atoms. The quantitative estimate of drug-likeness (QED) is 0.874. The van der Waals surface area contributed by atoms with E-state index in [0.717, 1.165) is 41.7 Å². The third kappa shape index (κ3) is 3.08. The molecule has 1 aromatic rings. The van der Waals surface area contributed by atoms with Crippen LogP contribution in [0.1, 0.15) is 45.0 Å². The van der Waals surface area contributed by atoms with E-state index in [1.807, 2.05) is 4.68 Å². The Morgan fingerprint density at radius 1 is 1.38 bits per heavy atom. The molecule has 16 heavy (non-hydrogen) atoms. The lowest BCUT2D eigenvalue weighted by Crippen LogP contribution is -2.14. The van der Waals surface area contributed by atoms with Crippen LogP contribution in [-0.4, -0.2) is 21.0 Å². The van der Waals surface area contributed by atoms with E-state index in [2.05, 4.69) is 41.8 Å². The molecular formula is C12H21BrN2O. The highest BCUT2D eigenvalue weighted by molar-refractivity contribution is 9.10. The number of nitrogens with zero attached hydrogens (tertiary/aromatic N) is 2. The summed E-state index contributed by atoms with van der Waals surface area (Å²) in [5.41, 5.74) is 2.21. The molecule has 1 atom stereocenters. The van der Waals surface area contributed by atoms with Crippen molar-refractivity contribution < 1.29 is 5.11 Å². The molecule has 92 valence electrons. The highest BCUT2D eigenvalue weighted by Gasteiger charge is 2.16. The molecule has 0 fully saturated rings. The second kappa shape index (κ2) is 6.40. The SMILES string of the molecule is CCCC(O)Cc1c(Br)c(CC)nn1CC. The predicted molar refractivity (Wildman–Crippen MR) is 69.6 cm³/mol. The van der Waals surface area contributed by atoms with Crippen LogP contribution in [0.2, 0.25) is 0 Å². The standard InChI is InChI=1S/C12H21BrN2O/c1-4-7-9(16)8-11-12(13)10(5-2)14-15(11)6-3/h9,16H,4-8H2,1-3H3. The van der Waals surface area contributed by atoms with E-state index in [1.54, 1.807) is 0 Å². The molecule has 1 N–H and O–H groups in total. The van der Waals surface area contributed by atoms with E-state index in [-0.39, 0.29) is 6.10 Å². The van der Waals surface area contributed by atoms with Crippen molar-refractivity contribution in [2.75, 3.05) is 0 Å². The molecule has 1 rings (SSSR count). The molecule has 0 aliphatic carbocycles. The van der Waals surface area contributed by atoms with Crippen LogP contribution in [0.3, 0.4) is 0 Å². The third-order valence-corrected chi connectivity index (χ3v) is 3.66. The topological polar surface area (TPSA) is 38.1 Å². The van der Waals surface area contributed by atoms with Gasteiger partial charge in [-0.25, -0.2) is 0 Å². The zero-order chi connectivity index (χ0) is 12.1. The van der Waals surface area contributed by atoms with E-state index < -0.39 is 0 Å². The molecule has 0 radical (unpaired) electrons. The summed E-state index contributed by atoms with van der Waals surface area (Å²) in [5, 5.41) is 14.4. The van der Waals surface area contributed by atoms with Crippen molar-refractivity contribution in [1.29, 1.82) is 0 Å². The minimum absolute atomic E-state index is 0.256. The highest BCUT2D eigenvalue weighted by atomic mass is 79.9. The van der Waals surface area contributed by atoms with Gasteiger partial charge in [-0.2, -0.15) is 5.10 Å². The summed E-state index contributed by atoms with van der Waals surface area (Å²) in [6, 6.07) is 0. The predicted octanol–water partition coefficient (Wildman–Crippen LogP) is 2.93. The molecule has 1 heterocycles. The summed E-state index contributed by atoms with van der Waals surface area (Å²) < 4.78 is 3.06. The van der Waals surface area contributed by atoms with Gasteiger partial charge in [-0.1, -0.05) is 20.3 Å². The Morgan fingerprint density at radius 3 is 2.56 bits per heavy atom. The smallest absolute Gasteiger partial charge is 0.0766 e.